The minimum atomic E-state index is 1.28. The first kappa shape index (κ1) is 5.96. The van der Waals surface area contributed by atoms with Crippen LogP contribution >= 0.6 is 22.3 Å². The van der Waals surface area contributed by atoms with Gasteiger partial charge in [-0.25, -0.2) is 0 Å². The van der Waals surface area contributed by atoms with E-state index in [2.05, 4.69) is 22.5 Å². The van der Waals surface area contributed by atoms with Crippen LogP contribution < -0.4 is 0 Å². The van der Waals surface area contributed by atoms with E-state index in [1.165, 1.54) is 9.81 Å². The molecule has 0 aliphatic carbocycles. The predicted octanol–water partition coefficient (Wildman–Crippen LogP) is 2.72. The highest BCUT2D eigenvalue weighted by molar-refractivity contribution is 7.97. The maximum absolute atomic E-state index is 3.05. The van der Waals surface area contributed by atoms with E-state index in [9.17, 15) is 0 Å². The molecule has 0 nitrogen and oxygen atoms in total. The van der Waals surface area contributed by atoms with Gasteiger partial charge >= 0.3 is 0 Å². The van der Waals surface area contributed by atoms with Crippen LogP contribution in [0.5, 0.6) is 0 Å². The highest BCUT2D eigenvalue weighted by atomic mass is 32.1. The largest absolute Gasteiger partial charge is 0.0915 e. The molecule has 0 unspecified atom stereocenters. The molecule has 0 amide bonds. The van der Waals surface area contributed by atoms with Gasteiger partial charge in [0.05, 0.1) is 9.81 Å². The summed E-state index contributed by atoms with van der Waals surface area (Å²) in [5.74, 6) is 0. The fourth-order valence-corrected chi connectivity index (χ4v) is 2.13. The first-order valence-electron chi connectivity index (χ1n) is 2.89. The Bertz CT molecular complexity index is 337. The molecule has 0 spiro atoms. The average Bonchev–Trinajstić information content (AvgIpc) is 2.59. The zero-order valence-corrected chi connectivity index (χ0v) is 6.76. The molecule has 0 fully saturated rings. The molecular formula is C8H4S2. The molecule has 10 heavy (non-hydrogen) atoms. The molecule has 0 aromatic rings. The smallest absolute Gasteiger partial charge is 0.0539 e. The Morgan fingerprint density at radius 1 is 0.900 bits per heavy atom. The van der Waals surface area contributed by atoms with Crippen LogP contribution in [0.4, 0.5) is 0 Å². The number of rotatable bonds is 0. The zero-order valence-electron chi connectivity index (χ0n) is 5.13. The monoisotopic (exact) mass is 164 g/mol. The van der Waals surface area contributed by atoms with Crippen LogP contribution in [0.3, 0.4) is 0 Å². The Morgan fingerprint density at radius 2 is 1.40 bits per heavy atom. The highest BCUT2D eigenvalue weighted by Crippen LogP contribution is 2.24. The maximum Gasteiger partial charge on any atom is 0.0539 e. The van der Waals surface area contributed by atoms with Crippen LogP contribution in [0.2, 0.25) is 0 Å². The van der Waals surface area contributed by atoms with Gasteiger partial charge in [-0.05, 0) is 24.3 Å². The van der Waals surface area contributed by atoms with Gasteiger partial charge in [-0.3, -0.25) is 0 Å². The van der Waals surface area contributed by atoms with Crippen LogP contribution in [0.1, 0.15) is 0 Å². The average molecular weight is 164 g/mol. The lowest BCUT2D eigenvalue weighted by Gasteiger charge is -1.86. The van der Waals surface area contributed by atoms with Crippen LogP contribution in [0.15, 0.2) is 34.1 Å². The van der Waals surface area contributed by atoms with E-state index in [-0.39, 0.29) is 0 Å². The molecule has 48 valence electrons. The van der Waals surface area contributed by atoms with Crippen molar-refractivity contribution in [1.82, 2.24) is 0 Å². The van der Waals surface area contributed by atoms with E-state index in [1.807, 2.05) is 12.2 Å². The summed E-state index contributed by atoms with van der Waals surface area (Å²) < 4.78 is 0. The van der Waals surface area contributed by atoms with Crippen molar-refractivity contribution >= 4 is 22.3 Å². The lowest BCUT2D eigenvalue weighted by atomic mass is 10.4. The summed E-state index contributed by atoms with van der Waals surface area (Å²) in [5, 5.41) is 6.10. The maximum atomic E-state index is 3.05. The first-order valence-corrected chi connectivity index (χ1v) is 4.52. The van der Waals surface area contributed by atoms with Crippen molar-refractivity contribution in [1.29, 1.82) is 0 Å². The molecule has 2 aliphatic heterocycles. The van der Waals surface area contributed by atoms with Crippen molar-refractivity contribution in [3.05, 3.63) is 34.1 Å². The molecule has 2 aliphatic rings. The summed E-state index contributed by atoms with van der Waals surface area (Å²) in [6, 6.07) is 0. The SMILES string of the molecule is C1#SC(=C2C=CC#S2)C=C1. The minimum absolute atomic E-state index is 1.28. The van der Waals surface area contributed by atoms with Gasteiger partial charge in [-0.15, -0.1) is 0 Å². The van der Waals surface area contributed by atoms with Crippen LogP contribution in [-0.4, -0.2) is 0 Å². The Kier molecular flexibility index (Phi) is 1.46. The fourth-order valence-electron chi connectivity index (χ4n) is 0.747. The van der Waals surface area contributed by atoms with Gasteiger partial charge in [-0.1, -0.05) is 32.7 Å². The number of hydrogen-bond acceptors (Lipinski definition) is 0. The van der Waals surface area contributed by atoms with E-state index in [1.54, 1.807) is 22.3 Å². The van der Waals surface area contributed by atoms with Gasteiger partial charge in [0.1, 0.15) is 0 Å². The number of allylic oxidation sites excluding steroid dienone is 4. The topological polar surface area (TPSA) is 0 Å². The van der Waals surface area contributed by atoms with Crippen molar-refractivity contribution in [3.63, 3.8) is 0 Å². The molecule has 0 saturated heterocycles. The second kappa shape index (κ2) is 2.45. The van der Waals surface area contributed by atoms with E-state index in [4.69, 9.17) is 0 Å². The molecule has 2 heteroatoms. The Balaban J connectivity index is 2.54. The summed E-state index contributed by atoms with van der Waals surface area (Å²) in [4.78, 5) is 2.57. The van der Waals surface area contributed by atoms with Crippen molar-refractivity contribution in [2.75, 3.05) is 0 Å². The third kappa shape index (κ3) is 0.942. The Morgan fingerprint density at radius 3 is 1.70 bits per heavy atom. The summed E-state index contributed by atoms with van der Waals surface area (Å²) >= 11 is 3.29. The van der Waals surface area contributed by atoms with E-state index < -0.39 is 0 Å². The molecule has 0 atom stereocenters. The van der Waals surface area contributed by atoms with Crippen LogP contribution in [0, 0.1) is 10.4 Å². The van der Waals surface area contributed by atoms with Crippen molar-refractivity contribution in [2.24, 2.45) is 0 Å². The number of hydrogen-bond donors (Lipinski definition) is 0. The molecule has 0 N–H and O–H groups in total. The Labute approximate surface area is 67.1 Å². The van der Waals surface area contributed by atoms with Gasteiger partial charge in [-0.2, -0.15) is 0 Å². The van der Waals surface area contributed by atoms with Gasteiger partial charge in [0.25, 0.3) is 0 Å². The third-order valence-electron chi connectivity index (χ3n) is 1.19. The van der Waals surface area contributed by atoms with Crippen molar-refractivity contribution in [2.45, 2.75) is 0 Å². The van der Waals surface area contributed by atoms with Gasteiger partial charge < -0.3 is 0 Å². The molecule has 0 saturated carbocycles. The lowest BCUT2D eigenvalue weighted by Crippen LogP contribution is -1.64. The highest BCUT2D eigenvalue weighted by Gasteiger charge is 1.99. The van der Waals surface area contributed by atoms with Crippen molar-refractivity contribution in [3.8, 4) is 10.4 Å². The second-order valence-corrected chi connectivity index (χ2v) is 3.59. The predicted molar refractivity (Wildman–Crippen MR) is 48.3 cm³/mol. The molecule has 0 aromatic heterocycles. The van der Waals surface area contributed by atoms with Crippen LogP contribution in [0.25, 0.3) is 0 Å². The fraction of sp³-hybridized carbons (Fsp3) is 0. The molecule has 0 radical (unpaired) electrons. The standard InChI is InChI=1S/C8H4S2/c1-3-7(9-5-1)8-4-2-6-10-8/h1-4H. The van der Waals surface area contributed by atoms with Crippen molar-refractivity contribution < 1.29 is 0 Å². The summed E-state index contributed by atoms with van der Waals surface area (Å²) in [6.07, 6.45) is 8.04. The van der Waals surface area contributed by atoms with E-state index in [0.717, 1.165) is 0 Å². The Hall–Kier alpha value is -0.780. The van der Waals surface area contributed by atoms with Crippen LogP contribution in [-0.2, 0) is 0 Å². The molecule has 0 bridgehead atoms. The van der Waals surface area contributed by atoms with E-state index >= 15 is 0 Å². The molecule has 2 heterocycles. The summed E-state index contributed by atoms with van der Waals surface area (Å²) in [7, 11) is 0. The van der Waals surface area contributed by atoms with Gasteiger partial charge in [0, 0.05) is 0 Å². The first-order chi connectivity index (χ1) is 4.97. The summed E-state index contributed by atoms with van der Waals surface area (Å²) in [5.41, 5.74) is 0. The minimum Gasteiger partial charge on any atom is -0.0915 e. The zero-order chi connectivity index (χ0) is 6.81. The quantitative estimate of drug-likeness (QED) is 0.516. The third-order valence-corrected chi connectivity index (χ3v) is 2.98. The van der Waals surface area contributed by atoms with Gasteiger partial charge in [0.15, 0.2) is 0 Å². The molecule has 0 aromatic carbocycles. The second-order valence-electron chi connectivity index (χ2n) is 1.83. The van der Waals surface area contributed by atoms with Gasteiger partial charge in [0.2, 0.25) is 0 Å². The molecular weight excluding hydrogens is 160 g/mol. The normalized spacial score (nSPS) is 25.6. The summed E-state index contributed by atoms with van der Waals surface area (Å²) in [6.45, 7) is 0. The van der Waals surface area contributed by atoms with E-state index in [0.29, 0.717) is 0 Å². The molecule has 2 rings (SSSR count). The lowest BCUT2D eigenvalue weighted by molar-refractivity contribution is 1.86.